The Balaban J connectivity index is 3.94. The van der Waals surface area contributed by atoms with E-state index >= 15 is 0 Å². The molecule has 0 aliphatic heterocycles. The van der Waals surface area contributed by atoms with Gasteiger partial charge in [0.1, 0.15) is 0 Å². The molecule has 0 radical (unpaired) electrons. The third-order valence-electron chi connectivity index (χ3n) is 3.21. The predicted molar refractivity (Wildman–Crippen MR) is 83.2 cm³/mol. The van der Waals surface area contributed by atoms with Crippen LogP contribution in [-0.2, 0) is 14.3 Å². The van der Waals surface area contributed by atoms with Crippen LogP contribution >= 0.6 is 12.6 Å². The van der Waals surface area contributed by atoms with Crippen LogP contribution in [0.2, 0.25) is 0 Å². The molecular formula is C15H28O4S. The number of aliphatic carboxylic acids is 1. The maximum absolute atomic E-state index is 11.8. The number of ether oxygens (including phenoxy) is 1. The Morgan fingerprint density at radius 1 is 1.10 bits per heavy atom. The lowest BCUT2D eigenvalue weighted by Gasteiger charge is -2.14. The van der Waals surface area contributed by atoms with Crippen LogP contribution in [0, 0.1) is 5.92 Å². The Hall–Kier alpha value is -0.710. The van der Waals surface area contributed by atoms with E-state index in [0.29, 0.717) is 25.2 Å². The van der Waals surface area contributed by atoms with Crippen LogP contribution in [-0.4, -0.2) is 29.4 Å². The van der Waals surface area contributed by atoms with E-state index in [0.717, 1.165) is 19.3 Å². The van der Waals surface area contributed by atoms with Gasteiger partial charge in [-0.15, -0.1) is 0 Å². The van der Waals surface area contributed by atoms with Gasteiger partial charge in [-0.2, -0.15) is 12.6 Å². The lowest BCUT2D eigenvalue weighted by molar-refractivity contribution is -0.153. The normalized spacial score (nSPS) is 12.1. The van der Waals surface area contributed by atoms with Crippen molar-refractivity contribution in [3.63, 3.8) is 0 Å². The zero-order chi connectivity index (χ0) is 15.2. The summed E-state index contributed by atoms with van der Waals surface area (Å²) in [5.41, 5.74) is 0. The Morgan fingerprint density at radius 3 is 2.35 bits per heavy atom. The summed E-state index contributed by atoms with van der Waals surface area (Å²) in [6.45, 7) is 2.50. The zero-order valence-corrected chi connectivity index (χ0v) is 13.4. The second-order valence-corrected chi connectivity index (χ2v) is 5.54. The average Bonchev–Trinajstić information content (AvgIpc) is 2.41. The van der Waals surface area contributed by atoms with E-state index in [4.69, 9.17) is 9.84 Å². The molecule has 5 heteroatoms. The summed E-state index contributed by atoms with van der Waals surface area (Å²) in [6.07, 6.45) is 7.94. The molecule has 1 atom stereocenters. The summed E-state index contributed by atoms with van der Waals surface area (Å²) in [6, 6.07) is 0. The van der Waals surface area contributed by atoms with Crippen molar-refractivity contribution in [2.75, 3.05) is 12.4 Å². The van der Waals surface area contributed by atoms with E-state index in [9.17, 15) is 9.59 Å². The molecule has 0 aliphatic carbocycles. The quantitative estimate of drug-likeness (QED) is 0.309. The average molecular weight is 304 g/mol. The minimum atomic E-state index is -0.938. The van der Waals surface area contributed by atoms with E-state index in [-0.39, 0.29) is 12.4 Å². The van der Waals surface area contributed by atoms with Gasteiger partial charge in [-0.25, -0.2) is 0 Å². The SMILES string of the molecule is CCCCCCCCC(CC(=O)O)C(=O)OCCCS. The van der Waals surface area contributed by atoms with E-state index in [1.165, 1.54) is 19.3 Å². The molecule has 1 unspecified atom stereocenters. The number of carbonyl (C=O) groups excluding carboxylic acids is 1. The summed E-state index contributed by atoms with van der Waals surface area (Å²) < 4.78 is 5.09. The number of hydrogen-bond donors (Lipinski definition) is 2. The van der Waals surface area contributed by atoms with Crippen LogP contribution in [0.5, 0.6) is 0 Å². The van der Waals surface area contributed by atoms with Crippen LogP contribution in [0.4, 0.5) is 0 Å². The minimum absolute atomic E-state index is 0.130. The van der Waals surface area contributed by atoms with Gasteiger partial charge in [0.15, 0.2) is 0 Å². The molecule has 0 fully saturated rings. The molecule has 0 bridgehead atoms. The first-order valence-electron chi connectivity index (χ1n) is 7.61. The van der Waals surface area contributed by atoms with E-state index < -0.39 is 11.9 Å². The van der Waals surface area contributed by atoms with Crippen LogP contribution in [0.15, 0.2) is 0 Å². The number of hydrogen-bond acceptors (Lipinski definition) is 4. The number of rotatable bonds is 13. The Labute approximate surface area is 127 Å². The minimum Gasteiger partial charge on any atom is -0.481 e. The summed E-state index contributed by atoms with van der Waals surface area (Å²) in [5.74, 6) is -1.15. The lowest BCUT2D eigenvalue weighted by Crippen LogP contribution is -2.21. The van der Waals surface area contributed by atoms with Crippen LogP contribution in [0.25, 0.3) is 0 Å². The van der Waals surface area contributed by atoms with Crippen molar-refractivity contribution >= 4 is 24.6 Å². The maximum atomic E-state index is 11.8. The molecule has 0 rings (SSSR count). The molecule has 0 aromatic heterocycles. The summed E-state index contributed by atoms with van der Waals surface area (Å²) in [5, 5.41) is 8.86. The van der Waals surface area contributed by atoms with Crippen molar-refractivity contribution < 1.29 is 19.4 Å². The van der Waals surface area contributed by atoms with Gasteiger partial charge in [0.2, 0.25) is 0 Å². The first kappa shape index (κ1) is 19.3. The highest BCUT2D eigenvalue weighted by molar-refractivity contribution is 7.80. The molecule has 0 heterocycles. The molecule has 0 aromatic carbocycles. The number of thiol groups is 1. The second kappa shape index (κ2) is 13.3. The van der Waals surface area contributed by atoms with Gasteiger partial charge in [-0.1, -0.05) is 45.4 Å². The lowest BCUT2D eigenvalue weighted by atomic mass is 9.97. The highest BCUT2D eigenvalue weighted by Crippen LogP contribution is 2.17. The fourth-order valence-electron chi connectivity index (χ4n) is 2.04. The van der Waals surface area contributed by atoms with Gasteiger partial charge in [0, 0.05) is 0 Å². The highest BCUT2D eigenvalue weighted by atomic mass is 32.1. The van der Waals surface area contributed by atoms with Crippen molar-refractivity contribution in [2.24, 2.45) is 5.92 Å². The van der Waals surface area contributed by atoms with Crippen LogP contribution < -0.4 is 0 Å². The largest absolute Gasteiger partial charge is 0.481 e. The molecule has 1 N–H and O–H groups in total. The Bertz CT molecular complexity index is 269. The predicted octanol–water partition coefficient (Wildman–Crippen LogP) is 3.69. The number of carboxylic acid groups (broad SMARTS) is 1. The number of unbranched alkanes of at least 4 members (excludes halogenated alkanes) is 5. The third kappa shape index (κ3) is 11.1. The molecule has 0 amide bonds. The van der Waals surface area contributed by atoms with Crippen LogP contribution in [0.1, 0.15) is 64.7 Å². The van der Waals surface area contributed by atoms with Crippen LogP contribution in [0.3, 0.4) is 0 Å². The van der Waals surface area contributed by atoms with Crippen molar-refractivity contribution in [3.8, 4) is 0 Å². The van der Waals surface area contributed by atoms with Gasteiger partial charge >= 0.3 is 11.9 Å². The standard InChI is InChI=1S/C15H28O4S/c1-2-3-4-5-6-7-9-13(12-14(16)17)15(18)19-10-8-11-20/h13,20H,2-12H2,1H3,(H,16,17). The summed E-state index contributed by atoms with van der Waals surface area (Å²) in [7, 11) is 0. The van der Waals surface area contributed by atoms with Crippen molar-refractivity contribution in [3.05, 3.63) is 0 Å². The van der Waals surface area contributed by atoms with E-state index in [1.807, 2.05) is 0 Å². The van der Waals surface area contributed by atoms with Gasteiger partial charge in [-0.3, -0.25) is 9.59 Å². The Kier molecular flexibility index (Phi) is 12.8. The molecule has 0 aliphatic rings. The van der Waals surface area contributed by atoms with Gasteiger partial charge < -0.3 is 9.84 Å². The molecule has 0 saturated heterocycles. The van der Waals surface area contributed by atoms with Gasteiger partial charge in [0.25, 0.3) is 0 Å². The monoisotopic (exact) mass is 304 g/mol. The highest BCUT2D eigenvalue weighted by Gasteiger charge is 2.22. The summed E-state index contributed by atoms with van der Waals surface area (Å²) >= 11 is 4.04. The van der Waals surface area contributed by atoms with E-state index in [2.05, 4.69) is 19.6 Å². The zero-order valence-electron chi connectivity index (χ0n) is 12.5. The first-order valence-corrected chi connectivity index (χ1v) is 8.24. The van der Waals surface area contributed by atoms with Crippen molar-refractivity contribution in [1.82, 2.24) is 0 Å². The second-order valence-electron chi connectivity index (χ2n) is 5.10. The molecule has 0 saturated carbocycles. The summed E-state index contributed by atoms with van der Waals surface area (Å²) in [4.78, 5) is 22.6. The number of esters is 1. The molecule has 4 nitrogen and oxygen atoms in total. The molecule has 20 heavy (non-hydrogen) atoms. The molecular weight excluding hydrogens is 276 g/mol. The maximum Gasteiger partial charge on any atom is 0.309 e. The number of carboxylic acids is 1. The third-order valence-corrected chi connectivity index (χ3v) is 3.52. The molecule has 0 aromatic rings. The fraction of sp³-hybridized carbons (Fsp3) is 0.867. The van der Waals surface area contributed by atoms with Gasteiger partial charge in [0.05, 0.1) is 18.9 Å². The van der Waals surface area contributed by atoms with Crippen molar-refractivity contribution in [1.29, 1.82) is 0 Å². The Morgan fingerprint density at radius 2 is 1.75 bits per heavy atom. The first-order chi connectivity index (χ1) is 9.61. The molecule has 0 spiro atoms. The number of carbonyl (C=O) groups is 2. The molecule has 118 valence electrons. The smallest absolute Gasteiger partial charge is 0.309 e. The fourth-order valence-corrected chi connectivity index (χ4v) is 2.17. The van der Waals surface area contributed by atoms with Gasteiger partial charge in [-0.05, 0) is 18.6 Å². The van der Waals surface area contributed by atoms with Crippen molar-refractivity contribution in [2.45, 2.75) is 64.7 Å². The topological polar surface area (TPSA) is 63.6 Å². The van der Waals surface area contributed by atoms with E-state index in [1.54, 1.807) is 0 Å².